The summed E-state index contributed by atoms with van der Waals surface area (Å²) in [6.45, 7) is 3.77. The summed E-state index contributed by atoms with van der Waals surface area (Å²) >= 11 is 4.39. The van der Waals surface area contributed by atoms with Crippen molar-refractivity contribution in [2.75, 3.05) is 17.3 Å². The van der Waals surface area contributed by atoms with Crippen LogP contribution in [0.5, 0.6) is 0 Å². The Labute approximate surface area is 190 Å². The van der Waals surface area contributed by atoms with Gasteiger partial charge in [0.15, 0.2) is 0 Å². The van der Waals surface area contributed by atoms with Crippen molar-refractivity contribution >= 4 is 80.5 Å². The maximum atomic E-state index is 13.0. The van der Waals surface area contributed by atoms with Gasteiger partial charge in [-0.05, 0) is 106 Å². The number of nitrogens with one attached hydrogen (secondary N) is 2. The van der Waals surface area contributed by atoms with Crippen LogP contribution < -0.4 is 15.5 Å². The number of rotatable bonds is 3. The van der Waals surface area contributed by atoms with Gasteiger partial charge < -0.3 is 5.32 Å². The molecular weight excluding hydrogens is 584 g/mol. The van der Waals surface area contributed by atoms with Crippen molar-refractivity contribution in [3.63, 3.8) is 0 Å². The molecule has 4 amide bonds. The van der Waals surface area contributed by atoms with E-state index in [1.807, 2.05) is 39.1 Å². The fraction of sp³-hybridized carbons (Fsp3) is 0.150. The molecule has 2 N–H and O–H groups in total. The first-order valence-corrected chi connectivity index (χ1v) is 10.5. The van der Waals surface area contributed by atoms with Crippen molar-refractivity contribution in [3.05, 3.63) is 59.7 Å². The zero-order valence-corrected chi connectivity index (χ0v) is 19.7. The molecule has 0 atom stereocenters. The van der Waals surface area contributed by atoms with Gasteiger partial charge >= 0.3 is 6.03 Å². The fourth-order valence-corrected chi connectivity index (χ4v) is 5.41. The van der Waals surface area contributed by atoms with Crippen LogP contribution in [0.4, 0.5) is 16.2 Å². The van der Waals surface area contributed by atoms with E-state index in [0.717, 1.165) is 28.9 Å². The van der Waals surface area contributed by atoms with E-state index in [0.29, 0.717) is 11.3 Å². The lowest BCUT2D eigenvalue weighted by molar-refractivity contribution is -0.122. The molecule has 3 rings (SSSR count). The van der Waals surface area contributed by atoms with Crippen LogP contribution >= 0.6 is 45.2 Å². The first kappa shape index (κ1) is 20.8. The van der Waals surface area contributed by atoms with Crippen molar-refractivity contribution in [3.8, 4) is 0 Å². The highest BCUT2D eigenvalue weighted by Crippen LogP contribution is 2.28. The Kier molecular flexibility index (Phi) is 6.08. The van der Waals surface area contributed by atoms with E-state index in [1.165, 1.54) is 6.08 Å². The third-order valence-corrected chi connectivity index (χ3v) is 5.89. The average molecular weight is 601 g/mol. The Morgan fingerprint density at radius 1 is 0.964 bits per heavy atom. The van der Waals surface area contributed by atoms with Gasteiger partial charge in [-0.25, -0.2) is 9.69 Å². The van der Waals surface area contributed by atoms with Crippen molar-refractivity contribution in [1.29, 1.82) is 0 Å². The largest absolute Gasteiger partial charge is 0.386 e. The molecule has 28 heavy (non-hydrogen) atoms. The smallest absolute Gasteiger partial charge is 0.335 e. The predicted octanol–water partition coefficient (Wildman–Crippen LogP) is 4.22. The van der Waals surface area contributed by atoms with E-state index in [1.54, 1.807) is 12.1 Å². The van der Waals surface area contributed by atoms with Crippen molar-refractivity contribution in [1.82, 2.24) is 5.32 Å². The monoisotopic (exact) mass is 601 g/mol. The van der Waals surface area contributed by atoms with Crippen LogP contribution in [-0.4, -0.2) is 24.9 Å². The molecule has 2 aromatic carbocycles. The minimum atomic E-state index is -0.744. The van der Waals surface area contributed by atoms with E-state index < -0.39 is 17.8 Å². The van der Waals surface area contributed by atoms with E-state index in [9.17, 15) is 14.4 Å². The van der Waals surface area contributed by atoms with Crippen LogP contribution in [0, 0.1) is 21.0 Å². The van der Waals surface area contributed by atoms with E-state index in [4.69, 9.17) is 0 Å². The number of anilines is 2. The molecule has 0 unspecified atom stereocenters. The third-order valence-electron chi connectivity index (χ3n) is 4.19. The molecule has 0 radical (unpaired) electrons. The van der Waals surface area contributed by atoms with E-state index in [-0.39, 0.29) is 5.57 Å². The van der Waals surface area contributed by atoms with Crippen molar-refractivity contribution in [2.24, 2.45) is 0 Å². The number of benzene rings is 2. The molecule has 0 aliphatic carbocycles. The third kappa shape index (κ3) is 4.07. The number of hydrogen-bond acceptors (Lipinski definition) is 4. The lowest BCUT2D eigenvalue weighted by Gasteiger charge is -2.27. The van der Waals surface area contributed by atoms with Gasteiger partial charge in [-0.1, -0.05) is 6.07 Å². The maximum absolute atomic E-state index is 13.0. The van der Waals surface area contributed by atoms with Gasteiger partial charge in [0, 0.05) is 14.2 Å². The molecule has 6 nitrogen and oxygen atoms in total. The summed E-state index contributed by atoms with van der Waals surface area (Å²) in [4.78, 5) is 38.8. The number of carbonyl (C=O) groups is 3. The first-order valence-electron chi connectivity index (χ1n) is 8.38. The Balaban J connectivity index is 2.06. The second kappa shape index (κ2) is 8.19. The molecule has 1 aliphatic heterocycles. The highest BCUT2D eigenvalue weighted by Gasteiger charge is 2.37. The Morgan fingerprint density at radius 2 is 1.54 bits per heavy atom. The summed E-state index contributed by atoms with van der Waals surface area (Å²) in [5.41, 5.74) is 3.89. The normalized spacial score (nSPS) is 15.8. The second-order valence-electron chi connectivity index (χ2n) is 6.41. The number of imide groups is 2. The number of barbiturate groups is 1. The van der Waals surface area contributed by atoms with Crippen molar-refractivity contribution in [2.45, 2.75) is 13.8 Å². The van der Waals surface area contributed by atoms with Gasteiger partial charge in [0.1, 0.15) is 5.57 Å². The molecule has 1 heterocycles. The zero-order chi connectivity index (χ0) is 20.6. The average Bonchev–Trinajstić information content (AvgIpc) is 2.57. The van der Waals surface area contributed by atoms with Gasteiger partial charge in [0.25, 0.3) is 11.8 Å². The number of urea groups is 1. The van der Waals surface area contributed by atoms with Crippen LogP contribution in [0.25, 0.3) is 6.08 Å². The maximum Gasteiger partial charge on any atom is 0.335 e. The van der Waals surface area contributed by atoms with E-state index >= 15 is 0 Å². The van der Waals surface area contributed by atoms with Crippen LogP contribution in [0.3, 0.4) is 0 Å². The molecule has 1 aliphatic rings. The molecule has 0 spiro atoms. The second-order valence-corrected chi connectivity index (χ2v) is 8.74. The molecule has 8 heteroatoms. The molecule has 2 aromatic rings. The number of amides is 4. The molecule has 0 saturated carbocycles. The molecule has 0 aromatic heterocycles. The fourth-order valence-electron chi connectivity index (χ4n) is 3.05. The highest BCUT2D eigenvalue weighted by molar-refractivity contribution is 14.1. The first-order chi connectivity index (χ1) is 13.2. The van der Waals surface area contributed by atoms with Gasteiger partial charge in [-0.3, -0.25) is 14.9 Å². The highest BCUT2D eigenvalue weighted by atomic mass is 127. The zero-order valence-electron chi connectivity index (χ0n) is 15.4. The number of nitrogens with zero attached hydrogens (tertiary/aromatic N) is 1. The van der Waals surface area contributed by atoms with Gasteiger partial charge in [0.2, 0.25) is 0 Å². The SMILES string of the molecule is CNc1c(I)cc(C=C2C(=O)NC(=O)N(c3cc(C)cc(C)c3)C2=O)cc1I. The number of hydrogen-bond donors (Lipinski definition) is 2. The lowest BCUT2D eigenvalue weighted by Crippen LogP contribution is -2.54. The summed E-state index contributed by atoms with van der Waals surface area (Å²) in [6, 6.07) is 8.44. The van der Waals surface area contributed by atoms with Crippen LogP contribution in [0.2, 0.25) is 0 Å². The standard InChI is InChI=1S/C20H17I2N3O3/c1-10-4-11(2)6-13(5-10)25-19(27)14(18(26)24-20(25)28)7-12-8-15(21)17(23-3)16(22)9-12/h4-9,23H,1-3H3,(H,24,26,28). The quantitative estimate of drug-likeness (QED) is 0.314. The lowest BCUT2D eigenvalue weighted by atomic mass is 10.1. The minimum Gasteiger partial charge on any atom is -0.386 e. The molecular formula is C20H17I2N3O3. The number of halogens is 2. The summed E-state index contributed by atoms with van der Waals surface area (Å²) in [5, 5.41) is 5.38. The number of aryl methyl sites for hydroxylation is 2. The molecule has 144 valence electrons. The van der Waals surface area contributed by atoms with Gasteiger partial charge in [-0.15, -0.1) is 0 Å². The van der Waals surface area contributed by atoms with E-state index in [2.05, 4.69) is 55.8 Å². The molecule has 1 fully saturated rings. The summed E-state index contributed by atoms with van der Waals surface area (Å²) in [5.74, 6) is -1.33. The van der Waals surface area contributed by atoms with Crippen molar-refractivity contribution < 1.29 is 14.4 Å². The van der Waals surface area contributed by atoms with Gasteiger partial charge in [0.05, 0.1) is 11.4 Å². The van der Waals surface area contributed by atoms with Gasteiger partial charge in [-0.2, -0.15) is 0 Å². The van der Waals surface area contributed by atoms with Crippen LogP contribution in [-0.2, 0) is 9.59 Å². The summed E-state index contributed by atoms with van der Waals surface area (Å²) in [7, 11) is 1.84. The molecule has 0 bridgehead atoms. The Morgan fingerprint density at radius 3 is 2.07 bits per heavy atom. The summed E-state index contributed by atoms with van der Waals surface area (Å²) < 4.78 is 1.93. The number of carbonyl (C=O) groups excluding carboxylic acids is 3. The van der Waals surface area contributed by atoms with Crippen LogP contribution in [0.1, 0.15) is 16.7 Å². The summed E-state index contributed by atoms with van der Waals surface area (Å²) in [6.07, 6.45) is 1.52. The topological polar surface area (TPSA) is 78.5 Å². The predicted molar refractivity (Wildman–Crippen MR) is 126 cm³/mol. The van der Waals surface area contributed by atoms with Crippen LogP contribution in [0.15, 0.2) is 35.9 Å². The Hall–Kier alpha value is -1.95. The minimum absolute atomic E-state index is 0.0810. The Bertz CT molecular complexity index is 1000. The molecule has 1 saturated heterocycles.